The summed E-state index contributed by atoms with van der Waals surface area (Å²) in [6, 6.07) is 0. The number of hydrogen-bond acceptors (Lipinski definition) is 6. The summed E-state index contributed by atoms with van der Waals surface area (Å²) in [6.45, 7) is 6.20. The maximum Gasteiger partial charge on any atom is 0.190 e. The minimum atomic E-state index is -0.682. The predicted molar refractivity (Wildman–Crippen MR) is 67.6 cm³/mol. The summed E-state index contributed by atoms with van der Waals surface area (Å²) in [5, 5.41) is 0. The van der Waals surface area contributed by atoms with Crippen LogP contribution in [0, 0.1) is 12.3 Å². The van der Waals surface area contributed by atoms with Gasteiger partial charge in [-0.05, 0) is 20.8 Å². The molecule has 0 aliphatic carbocycles. The Morgan fingerprint density at radius 1 is 1.25 bits per heavy atom. The molecule has 3 saturated heterocycles. The zero-order valence-corrected chi connectivity index (χ0v) is 11.9. The topological polar surface area (TPSA) is 55.4 Å². The lowest BCUT2D eigenvalue weighted by Crippen LogP contribution is -2.43. The first-order chi connectivity index (χ1) is 9.50. The Bertz CT molecular complexity index is 403. The Morgan fingerprint density at radius 2 is 2.05 bits per heavy atom. The first-order valence-corrected chi connectivity index (χ1v) is 6.83. The normalized spacial score (nSPS) is 46.3. The minimum Gasteiger partial charge on any atom is -0.360 e. The van der Waals surface area contributed by atoms with E-state index in [1.165, 1.54) is 0 Å². The highest BCUT2D eigenvalue weighted by molar-refractivity contribution is 4.99. The summed E-state index contributed by atoms with van der Waals surface area (Å²) >= 11 is 0. The summed E-state index contributed by atoms with van der Waals surface area (Å²) in [5.41, 5.74) is 0. The first kappa shape index (κ1) is 14.3. The van der Waals surface area contributed by atoms with Crippen molar-refractivity contribution in [1.29, 1.82) is 0 Å². The smallest absolute Gasteiger partial charge is 0.190 e. The second kappa shape index (κ2) is 5.26. The van der Waals surface area contributed by atoms with Crippen molar-refractivity contribution in [1.82, 2.24) is 0 Å². The fraction of sp³-hybridized carbons (Fsp3) is 0.857. The molecule has 20 heavy (non-hydrogen) atoms. The maximum absolute atomic E-state index is 5.92. The molecule has 0 N–H and O–H groups in total. The van der Waals surface area contributed by atoms with Crippen LogP contribution in [0.2, 0.25) is 0 Å². The first-order valence-electron chi connectivity index (χ1n) is 6.83. The van der Waals surface area contributed by atoms with Crippen molar-refractivity contribution >= 4 is 0 Å². The summed E-state index contributed by atoms with van der Waals surface area (Å²) < 4.78 is 34.3. The summed E-state index contributed by atoms with van der Waals surface area (Å²) in [6.07, 6.45) is 3.44. The van der Waals surface area contributed by atoms with Gasteiger partial charge in [-0.2, -0.15) is 0 Å². The molecule has 0 bridgehead atoms. The highest BCUT2D eigenvalue weighted by atomic mass is 16.8. The van der Waals surface area contributed by atoms with Gasteiger partial charge in [-0.15, -0.1) is 6.42 Å². The van der Waals surface area contributed by atoms with E-state index in [0.29, 0.717) is 6.61 Å². The summed E-state index contributed by atoms with van der Waals surface area (Å²) in [5.74, 6) is 1.79. The fourth-order valence-corrected chi connectivity index (χ4v) is 2.86. The molecule has 2 unspecified atom stereocenters. The molecule has 0 aromatic rings. The van der Waals surface area contributed by atoms with E-state index in [1.807, 2.05) is 20.8 Å². The van der Waals surface area contributed by atoms with E-state index in [4.69, 9.17) is 34.8 Å². The van der Waals surface area contributed by atoms with E-state index < -0.39 is 12.1 Å². The lowest BCUT2D eigenvalue weighted by molar-refractivity contribution is -0.230. The Morgan fingerprint density at radius 3 is 2.70 bits per heavy atom. The van der Waals surface area contributed by atoms with Crippen molar-refractivity contribution in [3.05, 3.63) is 0 Å². The third-order valence-corrected chi connectivity index (χ3v) is 3.61. The molecule has 6 atom stereocenters. The second-order valence-corrected chi connectivity index (χ2v) is 5.62. The third kappa shape index (κ3) is 2.58. The van der Waals surface area contributed by atoms with Crippen molar-refractivity contribution in [3.8, 4) is 12.3 Å². The molecule has 3 aliphatic heterocycles. The van der Waals surface area contributed by atoms with Gasteiger partial charge in [0, 0.05) is 0 Å². The van der Waals surface area contributed by atoms with Gasteiger partial charge in [-0.1, -0.05) is 5.92 Å². The van der Waals surface area contributed by atoms with Gasteiger partial charge in [-0.3, -0.25) is 0 Å². The number of terminal acetylenes is 1. The van der Waals surface area contributed by atoms with Crippen LogP contribution in [0.1, 0.15) is 20.8 Å². The van der Waals surface area contributed by atoms with E-state index in [9.17, 15) is 0 Å². The van der Waals surface area contributed by atoms with Crippen molar-refractivity contribution in [3.63, 3.8) is 0 Å². The van der Waals surface area contributed by atoms with Gasteiger partial charge in [-0.25, -0.2) is 0 Å². The average Bonchev–Trinajstić information content (AvgIpc) is 2.99. The van der Waals surface area contributed by atoms with Crippen LogP contribution in [-0.2, 0) is 28.4 Å². The molecule has 0 amide bonds. The van der Waals surface area contributed by atoms with Crippen LogP contribution in [0.3, 0.4) is 0 Å². The molecule has 3 heterocycles. The van der Waals surface area contributed by atoms with E-state index in [1.54, 1.807) is 0 Å². The van der Waals surface area contributed by atoms with E-state index in [0.717, 1.165) is 0 Å². The fourth-order valence-electron chi connectivity index (χ4n) is 2.86. The van der Waals surface area contributed by atoms with Crippen LogP contribution in [0.25, 0.3) is 0 Å². The van der Waals surface area contributed by atoms with Crippen LogP contribution < -0.4 is 0 Å². The van der Waals surface area contributed by atoms with Crippen molar-refractivity contribution < 1.29 is 28.4 Å². The number of fused-ring (bicyclic) bond motifs is 1. The Kier molecular flexibility index (Phi) is 3.75. The molecule has 0 saturated carbocycles. The molecule has 6 heteroatoms. The van der Waals surface area contributed by atoms with Crippen LogP contribution in [-0.4, -0.2) is 56.0 Å². The minimum absolute atomic E-state index is 0.195. The van der Waals surface area contributed by atoms with Gasteiger partial charge in [0.25, 0.3) is 0 Å². The highest BCUT2D eigenvalue weighted by Gasteiger charge is 2.58. The Balaban J connectivity index is 1.73. The number of rotatable bonds is 3. The third-order valence-electron chi connectivity index (χ3n) is 3.61. The maximum atomic E-state index is 5.92. The Labute approximate surface area is 118 Å². The zero-order valence-electron chi connectivity index (χ0n) is 11.9. The number of ether oxygens (including phenoxy) is 6. The summed E-state index contributed by atoms with van der Waals surface area (Å²) in [7, 11) is 0. The molecule has 3 aliphatic rings. The van der Waals surface area contributed by atoms with E-state index in [-0.39, 0.29) is 37.3 Å². The monoisotopic (exact) mass is 284 g/mol. The number of hydrogen-bond donors (Lipinski definition) is 0. The van der Waals surface area contributed by atoms with Gasteiger partial charge >= 0.3 is 0 Å². The van der Waals surface area contributed by atoms with Gasteiger partial charge in [0.1, 0.15) is 31.0 Å². The molecule has 0 radical (unpaired) electrons. The summed E-state index contributed by atoms with van der Waals surface area (Å²) in [4.78, 5) is 0. The van der Waals surface area contributed by atoms with Crippen molar-refractivity contribution in [2.75, 3.05) is 13.2 Å². The molecule has 3 rings (SSSR count). The standard InChI is InChI=1S/C14H20O6/c1-5-6-15-11-10(9-7-16-8(2)17-9)18-13-12(11)19-14(3,4)20-13/h1,8-13H,6-7H2,2-4H3/t8?,9?,10-,11+,12-,13-/m1/s1. The molecular formula is C14H20O6. The average molecular weight is 284 g/mol. The van der Waals surface area contributed by atoms with Gasteiger partial charge in [0.15, 0.2) is 18.4 Å². The molecule has 6 nitrogen and oxygen atoms in total. The Hall–Kier alpha value is -0.680. The lowest BCUT2D eigenvalue weighted by atomic mass is 10.1. The van der Waals surface area contributed by atoms with Crippen molar-refractivity contribution in [2.45, 2.75) is 63.6 Å². The van der Waals surface area contributed by atoms with Crippen molar-refractivity contribution in [2.24, 2.45) is 0 Å². The van der Waals surface area contributed by atoms with Gasteiger partial charge in [0.2, 0.25) is 0 Å². The van der Waals surface area contributed by atoms with Gasteiger partial charge < -0.3 is 28.4 Å². The highest BCUT2D eigenvalue weighted by Crippen LogP contribution is 2.40. The molecule has 0 spiro atoms. The second-order valence-electron chi connectivity index (χ2n) is 5.62. The zero-order chi connectivity index (χ0) is 14.3. The molecule has 0 aromatic carbocycles. The predicted octanol–water partition coefficient (Wildman–Crippen LogP) is 0.643. The molecule has 3 fully saturated rings. The van der Waals surface area contributed by atoms with Crippen LogP contribution in [0.4, 0.5) is 0 Å². The lowest BCUT2D eigenvalue weighted by Gasteiger charge is -2.27. The molecule has 0 aromatic heterocycles. The van der Waals surface area contributed by atoms with Crippen LogP contribution in [0.15, 0.2) is 0 Å². The van der Waals surface area contributed by atoms with E-state index in [2.05, 4.69) is 5.92 Å². The molecular weight excluding hydrogens is 264 g/mol. The van der Waals surface area contributed by atoms with Crippen LogP contribution in [0.5, 0.6) is 0 Å². The van der Waals surface area contributed by atoms with Crippen LogP contribution >= 0.6 is 0 Å². The largest absolute Gasteiger partial charge is 0.360 e. The molecule has 112 valence electrons. The van der Waals surface area contributed by atoms with Gasteiger partial charge in [0.05, 0.1) is 6.61 Å². The quantitative estimate of drug-likeness (QED) is 0.709. The van der Waals surface area contributed by atoms with E-state index >= 15 is 0 Å². The SMILES string of the molecule is C#CCO[C@@H]1[C@H]2OC(C)(C)O[C@H]2O[C@@H]1C1COC(C)O1.